The molecule has 2 aromatic carbocycles. The van der Waals surface area contributed by atoms with Gasteiger partial charge in [-0.2, -0.15) is 0 Å². The van der Waals surface area contributed by atoms with Crippen molar-refractivity contribution in [1.82, 2.24) is 5.32 Å². The van der Waals surface area contributed by atoms with Gasteiger partial charge in [0.25, 0.3) is 5.91 Å². The topological polar surface area (TPSA) is 70.6 Å². The number of nitrogens with one attached hydrogen (secondary N) is 2. The van der Waals surface area contributed by atoms with Crippen molar-refractivity contribution in [3.8, 4) is 11.5 Å². The smallest absolute Gasteiger partial charge is 0.264 e. The van der Waals surface area contributed by atoms with Gasteiger partial charge in [0.15, 0.2) is 11.7 Å². The first-order valence-corrected chi connectivity index (χ1v) is 7.59. The summed E-state index contributed by atoms with van der Waals surface area (Å²) in [5.74, 6) is -0.108. The number of phenolic OH excluding ortho intramolecular Hbond substituents is 1. The number of benzene rings is 2. The van der Waals surface area contributed by atoms with Crippen molar-refractivity contribution in [2.24, 2.45) is 0 Å². The Morgan fingerprint density at radius 3 is 2.65 bits per heavy atom. The van der Waals surface area contributed by atoms with Gasteiger partial charge in [0.05, 0.1) is 10.7 Å². The standard InChI is InChI=1S/C15H12Cl2N2O3S/c16-9-5-6-13(10(17)7-9)22-8-14(21)19-15(23)18-11-3-1-2-4-12(11)20/h1-7,20H,8H2,(H2,18,19,21,23). The van der Waals surface area contributed by atoms with Crippen LogP contribution in [-0.2, 0) is 4.79 Å². The van der Waals surface area contributed by atoms with E-state index in [1.54, 1.807) is 30.3 Å². The number of rotatable bonds is 4. The Labute approximate surface area is 148 Å². The zero-order valence-electron chi connectivity index (χ0n) is 11.7. The molecule has 120 valence electrons. The number of ether oxygens (including phenoxy) is 1. The van der Waals surface area contributed by atoms with Gasteiger partial charge in [-0.1, -0.05) is 35.3 Å². The zero-order chi connectivity index (χ0) is 16.8. The van der Waals surface area contributed by atoms with Crippen molar-refractivity contribution in [2.45, 2.75) is 0 Å². The third-order valence-corrected chi connectivity index (χ3v) is 3.39. The highest BCUT2D eigenvalue weighted by Gasteiger charge is 2.09. The SMILES string of the molecule is O=C(COc1ccc(Cl)cc1Cl)NC(=S)Nc1ccccc1O. The monoisotopic (exact) mass is 370 g/mol. The molecule has 0 fully saturated rings. The molecule has 3 N–H and O–H groups in total. The number of halogens is 2. The van der Waals surface area contributed by atoms with Crippen LogP contribution in [0.4, 0.5) is 5.69 Å². The molecule has 2 rings (SSSR count). The minimum atomic E-state index is -0.469. The summed E-state index contributed by atoms with van der Waals surface area (Å²) < 4.78 is 5.29. The molecule has 0 heterocycles. The van der Waals surface area contributed by atoms with Crippen LogP contribution in [0, 0.1) is 0 Å². The highest BCUT2D eigenvalue weighted by Crippen LogP contribution is 2.27. The van der Waals surface area contributed by atoms with Crippen LogP contribution >= 0.6 is 35.4 Å². The summed E-state index contributed by atoms with van der Waals surface area (Å²) in [4.78, 5) is 11.8. The number of carbonyl (C=O) groups is 1. The highest BCUT2D eigenvalue weighted by atomic mass is 35.5. The fraction of sp³-hybridized carbons (Fsp3) is 0.0667. The second-order valence-corrected chi connectivity index (χ2v) is 5.63. The fourth-order valence-corrected chi connectivity index (χ4v) is 2.32. The molecular formula is C15H12Cl2N2O3S. The van der Waals surface area contributed by atoms with E-state index in [4.69, 9.17) is 40.2 Å². The van der Waals surface area contributed by atoms with E-state index in [-0.39, 0.29) is 17.5 Å². The van der Waals surface area contributed by atoms with Gasteiger partial charge >= 0.3 is 0 Å². The summed E-state index contributed by atoms with van der Waals surface area (Å²) in [5, 5.41) is 15.6. The maximum Gasteiger partial charge on any atom is 0.264 e. The lowest BCUT2D eigenvalue weighted by molar-refractivity contribution is -0.121. The normalized spacial score (nSPS) is 10.0. The first kappa shape index (κ1) is 17.3. The van der Waals surface area contributed by atoms with Crippen molar-refractivity contribution in [2.75, 3.05) is 11.9 Å². The Balaban J connectivity index is 1.85. The molecule has 0 aliphatic carbocycles. The van der Waals surface area contributed by atoms with E-state index in [9.17, 15) is 9.90 Å². The summed E-state index contributed by atoms with van der Waals surface area (Å²) in [5.41, 5.74) is 0.388. The number of hydrogen-bond donors (Lipinski definition) is 3. The van der Waals surface area contributed by atoms with Crippen LogP contribution < -0.4 is 15.4 Å². The average molecular weight is 371 g/mol. The maximum atomic E-state index is 11.8. The first-order valence-electron chi connectivity index (χ1n) is 6.42. The molecule has 2 aromatic rings. The maximum absolute atomic E-state index is 11.8. The molecular weight excluding hydrogens is 359 g/mol. The zero-order valence-corrected chi connectivity index (χ0v) is 14.0. The molecule has 0 aliphatic rings. The second kappa shape index (κ2) is 8.01. The number of carbonyl (C=O) groups excluding carboxylic acids is 1. The van der Waals surface area contributed by atoms with Gasteiger partial charge in [-0.25, -0.2) is 0 Å². The predicted octanol–water partition coefficient (Wildman–Crippen LogP) is 3.59. The van der Waals surface area contributed by atoms with Crippen molar-refractivity contribution in [3.05, 3.63) is 52.5 Å². The minimum absolute atomic E-state index is 0.0216. The van der Waals surface area contributed by atoms with Gasteiger partial charge in [-0.05, 0) is 42.5 Å². The highest BCUT2D eigenvalue weighted by molar-refractivity contribution is 7.80. The van der Waals surface area contributed by atoms with Crippen molar-refractivity contribution < 1.29 is 14.6 Å². The number of para-hydroxylation sites is 2. The first-order chi connectivity index (χ1) is 11.0. The van der Waals surface area contributed by atoms with Crippen LogP contribution in [0.1, 0.15) is 0 Å². The summed E-state index contributed by atoms with van der Waals surface area (Å²) in [6.07, 6.45) is 0. The fourth-order valence-electron chi connectivity index (χ4n) is 1.63. The van der Waals surface area contributed by atoms with Gasteiger partial charge < -0.3 is 15.2 Å². The molecule has 0 saturated carbocycles. The number of phenols is 1. The summed E-state index contributed by atoms with van der Waals surface area (Å²) >= 11 is 16.7. The number of thiocarbonyl (C=S) groups is 1. The lowest BCUT2D eigenvalue weighted by Crippen LogP contribution is -2.37. The van der Waals surface area contributed by atoms with E-state index in [0.29, 0.717) is 21.5 Å². The molecule has 0 unspecified atom stereocenters. The quantitative estimate of drug-likeness (QED) is 0.566. The minimum Gasteiger partial charge on any atom is -0.506 e. The number of anilines is 1. The molecule has 0 aliphatic heterocycles. The third kappa shape index (κ3) is 5.28. The van der Waals surface area contributed by atoms with Gasteiger partial charge in [0.2, 0.25) is 0 Å². The van der Waals surface area contributed by atoms with Gasteiger partial charge in [0, 0.05) is 5.02 Å². The Bertz CT molecular complexity index is 740. The second-order valence-electron chi connectivity index (χ2n) is 4.38. The van der Waals surface area contributed by atoms with E-state index in [2.05, 4.69) is 10.6 Å². The van der Waals surface area contributed by atoms with Crippen molar-refractivity contribution >= 4 is 52.1 Å². The van der Waals surface area contributed by atoms with Crippen LogP contribution in [0.15, 0.2) is 42.5 Å². The van der Waals surface area contributed by atoms with Crippen molar-refractivity contribution in [3.63, 3.8) is 0 Å². The van der Waals surface area contributed by atoms with Gasteiger partial charge in [0.1, 0.15) is 11.5 Å². The Hall–Kier alpha value is -2.02. The largest absolute Gasteiger partial charge is 0.506 e. The van der Waals surface area contributed by atoms with Crippen LogP contribution in [-0.4, -0.2) is 22.7 Å². The average Bonchev–Trinajstić information content (AvgIpc) is 2.48. The van der Waals surface area contributed by atoms with Gasteiger partial charge in [-0.15, -0.1) is 0 Å². The van der Waals surface area contributed by atoms with Crippen molar-refractivity contribution in [1.29, 1.82) is 0 Å². The molecule has 0 radical (unpaired) electrons. The molecule has 1 amide bonds. The van der Waals surface area contributed by atoms with E-state index in [0.717, 1.165) is 0 Å². The van der Waals surface area contributed by atoms with Crippen LogP contribution in [0.3, 0.4) is 0 Å². The number of aromatic hydroxyl groups is 1. The Kier molecular flexibility index (Phi) is 6.04. The number of hydrogen-bond acceptors (Lipinski definition) is 4. The summed E-state index contributed by atoms with van der Waals surface area (Å²) in [6.45, 7) is -0.274. The van der Waals surface area contributed by atoms with Crippen LogP contribution in [0.5, 0.6) is 11.5 Å². The molecule has 0 saturated heterocycles. The van der Waals surface area contributed by atoms with Gasteiger partial charge in [-0.3, -0.25) is 10.1 Å². The molecule has 0 atom stereocenters. The summed E-state index contributed by atoms with van der Waals surface area (Å²) in [7, 11) is 0. The summed E-state index contributed by atoms with van der Waals surface area (Å²) in [6, 6.07) is 11.2. The molecule has 8 heteroatoms. The van der Waals surface area contributed by atoms with Crippen LogP contribution in [0.2, 0.25) is 10.0 Å². The molecule has 23 heavy (non-hydrogen) atoms. The van der Waals surface area contributed by atoms with E-state index < -0.39 is 5.91 Å². The van der Waals surface area contributed by atoms with E-state index >= 15 is 0 Å². The predicted molar refractivity (Wildman–Crippen MR) is 94.4 cm³/mol. The number of amides is 1. The lowest BCUT2D eigenvalue weighted by atomic mass is 10.3. The Morgan fingerprint density at radius 2 is 1.96 bits per heavy atom. The Morgan fingerprint density at radius 1 is 1.22 bits per heavy atom. The molecule has 0 spiro atoms. The lowest BCUT2D eigenvalue weighted by Gasteiger charge is -2.11. The third-order valence-electron chi connectivity index (χ3n) is 2.66. The molecule has 0 bridgehead atoms. The van der Waals surface area contributed by atoms with Crippen LogP contribution in [0.25, 0.3) is 0 Å². The van der Waals surface area contributed by atoms with E-state index in [1.807, 2.05) is 0 Å². The molecule has 0 aromatic heterocycles. The molecule has 5 nitrogen and oxygen atoms in total. The van der Waals surface area contributed by atoms with E-state index in [1.165, 1.54) is 12.1 Å².